The van der Waals surface area contributed by atoms with Gasteiger partial charge in [0.25, 0.3) is 7.82 Å². The minimum Gasteiger partial charge on any atom is -0.756 e. The van der Waals surface area contributed by atoms with E-state index in [0.717, 1.165) is 70.6 Å². The molecule has 0 bridgehead atoms. The van der Waals surface area contributed by atoms with Gasteiger partial charge in [0.15, 0.2) is 6.10 Å². The Bertz CT molecular complexity index is 1260. The first-order valence-electron chi connectivity index (χ1n) is 22.3. The Balaban J connectivity index is 4.52. The van der Waals surface area contributed by atoms with E-state index in [4.69, 9.17) is 18.5 Å². The van der Waals surface area contributed by atoms with Crippen molar-refractivity contribution < 1.29 is 42.1 Å². The van der Waals surface area contributed by atoms with Gasteiger partial charge < -0.3 is 27.9 Å². The summed E-state index contributed by atoms with van der Waals surface area (Å²) in [6.07, 6.45) is 50.5. The molecule has 2 unspecified atom stereocenters. The van der Waals surface area contributed by atoms with Gasteiger partial charge in [0.1, 0.15) is 19.8 Å². The fourth-order valence-corrected chi connectivity index (χ4v) is 6.17. The van der Waals surface area contributed by atoms with Crippen molar-refractivity contribution >= 4 is 19.8 Å². The molecule has 9 nitrogen and oxygen atoms in total. The lowest BCUT2D eigenvalue weighted by Crippen LogP contribution is -2.37. The van der Waals surface area contributed by atoms with E-state index in [1.54, 1.807) is 0 Å². The summed E-state index contributed by atoms with van der Waals surface area (Å²) in [6.45, 7) is 3.99. The van der Waals surface area contributed by atoms with Crippen LogP contribution in [0.1, 0.15) is 155 Å². The second kappa shape index (κ2) is 39.6. The van der Waals surface area contributed by atoms with Crippen molar-refractivity contribution in [1.82, 2.24) is 0 Å². The Morgan fingerprint density at radius 1 is 0.552 bits per heavy atom. The number of phosphoric ester groups is 1. The number of esters is 2. The molecule has 0 aliphatic carbocycles. The summed E-state index contributed by atoms with van der Waals surface area (Å²) in [4.78, 5) is 37.5. The standard InChI is InChI=1S/C48H82NO8P/c1-6-8-10-12-14-16-18-20-22-23-24-25-27-29-31-33-35-37-39-41-48(51)57-46(45-56-58(52,53)55-43-42-49(3,4)5)44-54-47(50)40-38-36-34-32-30-28-26-21-19-17-15-13-11-9-7-2/h8,10,14,16,20-22,24-26,29,31,35,37,46H,6-7,9,11-13,15,17-19,23,27-28,30,32-34,36,38-45H2,1-5H3/b10-8-,16-14-,22-20-,25-24-,26-21-,31-29-,37-35-. The first-order chi connectivity index (χ1) is 28.0. The molecular weight excluding hydrogens is 750 g/mol. The molecule has 0 radical (unpaired) electrons. The number of likely N-dealkylation sites (N-methyl/N-ethyl adjacent to an activating group) is 1. The minimum atomic E-state index is -4.65. The Kier molecular flexibility index (Phi) is 37.7. The number of nitrogens with zero attached hydrogens (tertiary/aromatic N) is 1. The SMILES string of the molecule is CC/C=C\C/C=C\C/C=C\C/C=C\C/C=C\C/C=C\CCC(=O)OC(COC(=O)CCCCCCC/C=C\CCCCCCCC)COP(=O)([O-])OCC[N+](C)(C)C. The van der Waals surface area contributed by atoms with Crippen LogP contribution in [0.15, 0.2) is 85.1 Å². The number of ether oxygens (including phenoxy) is 2. The molecule has 0 rings (SSSR count). The smallest absolute Gasteiger partial charge is 0.306 e. The highest BCUT2D eigenvalue weighted by molar-refractivity contribution is 7.45. The summed E-state index contributed by atoms with van der Waals surface area (Å²) in [5, 5.41) is 0. The quantitative estimate of drug-likeness (QED) is 0.0198. The summed E-state index contributed by atoms with van der Waals surface area (Å²) in [6, 6.07) is 0. The van der Waals surface area contributed by atoms with E-state index >= 15 is 0 Å². The first kappa shape index (κ1) is 55.2. The second-order valence-electron chi connectivity index (χ2n) is 15.7. The van der Waals surface area contributed by atoms with Gasteiger partial charge in [-0.2, -0.15) is 0 Å². The highest BCUT2D eigenvalue weighted by Gasteiger charge is 2.21. The maximum Gasteiger partial charge on any atom is 0.306 e. The normalized spacial score (nSPS) is 14.4. The zero-order chi connectivity index (χ0) is 42.8. The molecule has 0 spiro atoms. The summed E-state index contributed by atoms with van der Waals surface area (Å²) in [5.74, 6) is -0.950. The fourth-order valence-electron chi connectivity index (χ4n) is 5.44. The van der Waals surface area contributed by atoms with E-state index in [1.807, 2.05) is 33.3 Å². The molecule has 0 aromatic rings. The number of hydrogen-bond donors (Lipinski definition) is 0. The van der Waals surface area contributed by atoms with E-state index in [9.17, 15) is 19.0 Å². The molecule has 10 heteroatoms. The van der Waals surface area contributed by atoms with Crippen LogP contribution in [-0.4, -0.2) is 70.0 Å². The number of quaternary nitrogens is 1. The van der Waals surface area contributed by atoms with E-state index < -0.39 is 32.5 Å². The molecule has 0 N–H and O–H groups in total. The molecule has 2 atom stereocenters. The lowest BCUT2D eigenvalue weighted by atomic mass is 10.1. The van der Waals surface area contributed by atoms with Crippen LogP contribution in [0, 0.1) is 0 Å². The molecular formula is C48H82NO8P. The van der Waals surface area contributed by atoms with Gasteiger partial charge in [-0.25, -0.2) is 0 Å². The van der Waals surface area contributed by atoms with Crippen LogP contribution in [-0.2, 0) is 32.7 Å². The molecule has 0 heterocycles. The van der Waals surface area contributed by atoms with Crippen LogP contribution in [0.3, 0.4) is 0 Å². The Morgan fingerprint density at radius 3 is 1.53 bits per heavy atom. The number of hydrogen-bond acceptors (Lipinski definition) is 8. The van der Waals surface area contributed by atoms with E-state index in [0.29, 0.717) is 23.9 Å². The molecule has 0 aliphatic rings. The van der Waals surface area contributed by atoms with Crippen molar-refractivity contribution in [1.29, 1.82) is 0 Å². The average molecular weight is 832 g/mol. The van der Waals surface area contributed by atoms with E-state index in [1.165, 1.54) is 44.9 Å². The topological polar surface area (TPSA) is 111 Å². The van der Waals surface area contributed by atoms with Crippen molar-refractivity contribution in [3.8, 4) is 0 Å². The van der Waals surface area contributed by atoms with Gasteiger partial charge in [0.2, 0.25) is 0 Å². The van der Waals surface area contributed by atoms with Crippen LogP contribution in [0.2, 0.25) is 0 Å². The Labute approximate surface area is 354 Å². The van der Waals surface area contributed by atoms with Crippen molar-refractivity contribution in [2.24, 2.45) is 0 Å². The molecule has 0 aliphatic heterocycles. The number of carbonyl (C=O) groups is 2. The van der Waals surface area contributed by atoms with Crippen molar-refractivity contribution in [2.75, 3.05) is 47.5 Å². The first-order valence-corrected chi connectivity index (χ1v) is 23.8. The van der Waals surface area contributed by atoms with Crippen LogP contribution >= 0.6 is 7.82 Å². The lowest BCUT2D eigenvalue weighted by Gasteiger charge is -2.28. The van der Waals surface area contributed by atoms with Crippen LogP contribution < -0.4 is 4.89 Å². The summed E-state index contributed by atoms with van der Waals surface area (Å²) in [7, 11) is 1.10. The van der Waals surface area contributed by atoms with Crippen molar-refractivity contribution in [3.63, 3.8) is 0 Å². The molecule has 0 fully saturated rings. The zero-order valence-electron chi connectivity index (χ0n) is 37.2. The molecule has 58 heavy (non-hydrogen) atoms. The zero-order valence-corrected chi connectivity index (χ0v) is 38.1. The van der Waals surface area contributed by atoms with Gasteiger partial charge in [-0.3, -0.25) is 14.2 Å². The van der Waals surface area contributed by atoms with Gasteiger partial charge in [-0.15, -0.1) is 0 Å². The molecule has 0 saturated carbocycles. The monoisotopic (exact) mass is 832 g/mol. The third-order valence-electron chi connectivity index (χ3n) is 8.91. The molecule has 0 aromatic carbocycles. The van der Waals surface area contributed by atoms with Gasteiger partial charge in [0.05, 0.1) is 27.7 Å². The highest BCUT2D eigenvalue weighted by Crippen LogP contribution is 2.38. The van der Waals surface area contributed by atoms with Crippen molar-refractivity contribution in [2.45, 2.75) is 161 Å². The average Bonchev–Trinajstić information content (AvgIpc) is 3.17. The summed E-state index contributed by atoms with van der Waals surface area (Å²) >= 11 is 0. The van der Waals surface area contributed by atoms with Crippen molar-refractivity contribution in [3.05, 3.63) is 85.1 Å². The largest absolute Gasteiger partial charge is 0.756 e. The number of phosphoric acid groups is 1. The van der Waals surface area contributed by atoms with Crippen LogP contribution in [0.25, 0.3) is 0 Å². The van der Waals surface area contributed by atoms with Gasteiger partial charge >= 0.3 is 11.9 Å². The number of allylic oxidation sites excluding steroid dienone is 14. The third-order valence-corrected chi connectivity index (χ3v) is 9.88. The van der Waals surface area contributed by atoms with E-state index in [-0.39, 0.29) is 26.1 Å². The predicted molar refractivity (Wildman–Crippen MR) is 240 cm³/mol. The summed E-state index contributed by atoms with van der Waals surface area (Å²) < 4.78 is 33.8. The Hall–Kier alpha value is -2.81. The van der Waals surface area contributed by atoms with E-state index in [2.05, 4.69) is 86.8 Å². The van der Waals surface area contributed by atoms with Gasteiger partial charge in [-0.05, 0) is 77.0 Å². The Morgan fingerprint density at radius 2 is 1.02 bits per heavy atom. The fraction of sp³-hybridized carbons (Fsp3) is 0.667. The van der Waals surface area contributed by atoms with Gasteiger partial charge in [0, 0.05) is 12.8 Å². The van der Waals surface area contributed by atoms with Crippen LogP contribution in [0.4, 0.5) is 0 Å². The predicted octanol–water partition coefficient (Wildman–Crippen LogP) is 12.2. The minimum absolute atomic E-state index is 0.0500. The molecule has 332 valence electrons. The number of carbonyl (C=O) groups excluding carboxylic acids is 2. The lowest BCUT2D eigenvalue weighted by molar-refractivity contribution is -0.870. The molecule has 0 amide bonds. The molecule has 0 aromatic heterocycles. The summed E-state index contributed by atoms with van der Waals surface area (Å²) in [5.41, 5.74) is 0. The second-order valence-corrected chi connectivity index (χ2v) is 17.1. The van der Waals surface area contributed by atoms with Crippen LogP contribution in [0.5, 0.6) is 0 Å². The number of unbranched alkanes of at least 4 members (excludes halogenated alkanes) is 11. The third kappa shape index (κ3) is 42.8. The molecule has 0 saturated heterocycles. The maximum absolute atomic E-state index is 12.6. The van der Waals surface area contributed by atoms with Gasteiger partial charge in [-0.1, -0.05) is 150 Å². The maximum atomic E-state index is 12.6. The number of rotatable bonds is 39. The highest BCUT2D eigenvalue weighted by atomic mass is 31.2.